The number of pyridine rings is 1. The largest absolute Gasteiger partial charge is 0.324 e. The zero-order chi connectivity index (χ0) is 9.26. The molecule has 1 aromatic rings. The summed E-state index contributed by atoms with van der Waals surface area (Å²) in [7, 11) is 0. The van der Waals surface area contributed by atoms with E-state index in [1.807, 2.05) is 6.92 Å². The molecule has 0 radical (unpaired) electrons. The Morgan fingerprint density at radius 1 is 1.54 bits per heavy atom. The van der Waals surface area contributed by atoms with Crippen molar-refractivity contribution in [1.82, 2.24) is 4.98 Å². The Balaban J connectivity index is 2.51. The van der Waals surface area contributed by atoms with E-state index in [9.17, 15) is 4.79 Å². The zero-order valence-electron chi connectivity index (χ0n) is 7.24. The number of amides is 1. The maximum atomic E-state index is 11.2. The van der Waals surface area contributed by atoms with Gasteiger partial charge in [-0.1, -0.05) is 0 Å². The Kier molecular flexibility index (Phi) is 1.81. The van der Waals surface area contributed by atoms with Crippen LogP contribution in [0.5, 0.6) is 0 Å². The van der Waals surface area contributed by atoms with E-state index in [-0.39, 0.29) is 5.91 Å². The number of anilines is 1. The molecule has 1 aliphatic heterocycles. The van der Waals surface area contributed by atoms with Crippen LogP contribution in [0, 0.1) is 0 Å². The first-order valence-electron chi connectivity index (χ1n) is 4.04. The lowest BCUT2D eigenvalue weighted by molar-refractivity contribution is -0.115. The highest BCUT2D eigenvalue weighted by Gasteiger charge is 2.12. The summed E-state index contributed by atoms with van der Waals surface area (Å²) in [5.74, 6) is -0.0220. The highest BCUT2D eigenvalue weighted by Crippen LogP contribution is 2.25. The molecular formula is C9H9N3O. The van der Waals surface area contributed by atoms with Gasteiger partial charge in [0.2, 0.25) is 5.91 Å². The molecule has 2 rings (SSSR count). The molecule has 13 heavy (non-hydrogen) atoms. The van der Waals surface area contributed by atoms with Crippen molar-refractivity contribution in [3.8, 4) is 0 Å². The van der Waals surface area contributed by atoms with Crippen LogP contribution in [0.15, 0.2) is 23.5 Å². The lowest BCUT2D eigenvalue weighted by Crippen LogP contribution is -2.12. The van der Waals surface area contributed by atoms with Gasteiger partial charge < -0.3 is 5.32 Å². The predicted octanol–water partition coefficient (Wildman–Crippen LogP) is 1.52. The molecule has 0 bridgehead atoms. The van der Waals surface area contributed by atoms with Crippen LogP contribution >= 0.6 is 0 Å². The predicted molar refractivity (Wildman–Crippen MR) is 50.3 cm³/mol. The standard InChI is InChI=1S/C9H9N3O/c1-6-4-9(13)12-7-2-3-10-5-8(7)11-6/h2-3,5H,4H2,1H3,(H,12,13). The quantitative estimate of drug-likeness (QED) is 0.649. The van der Waals surface area contributed by atoms with Crippen molar-refractivity contribution in [3.63, 3.8) is 0 Å². The van der Waals surface area contributed by atoms with Crippen LogP contribution in [0.4, 0.5) is 11.4 Å². The van der Waals surface area contributed by atoms with E-state index >= 15 is 0 Å². The van der Waals surface area contributed by atoms with Crippen LogP contribution in [-0.4, -0.2) is 16.6 Å². The van der Waals surface area contributed by atoms with Crippen molar-refractivity contribution in [2.24, 2.45) is 4.99 Å². The summed E-state index contributed by atoms with van der Waals surface area (Å²) in [6.07, 6.45) is 3.63. The van der Waals surface area contributed by atoms with Gasteiger partial charge in [0.05, 0.1) is 18.3 Å². The van der Waals surface area contributed by atoms with Crippen molar-refractivity contribution in [3.05, 3.63) is 18.5 Å². The van der Waals surface area contributed by atoms with E-state index in [0.29, 0.717) is 6.42 Å². The molecule has 4 heteroatoms. The first-order valence-corrected chi connectivity index (χ1v) is 4.04. The minimum Gasteiger partial charge on any atom is -0.324 e. The average molecular weight is 175 g/mol. The number of carbonyl (C=O) groups excluding carboxylic acids is 1. The zero-order valence-corrected chi connectivity index (χ0v) is 7.24. The van der Waals surface area contributed by atoms with Crippen LogP contribution in [-0.2, 0) is 4.79 Å². The number of aromatic nitrogens is 1. The van der Waals surface area contributed by atoms with Gasteiger partial charge in [-0.2, -0.15) is 0 Å². The Hall–Kier alpha value is -1.71. The van der Waals surface area contributed by atoms with Gasteiger partial charge in [0, 0.05) is 11.9 Å². The normalized spacial score (nSPS) is 15.5. The van der Waals surface area contributed by atoms with Crippen LogP contribution in [0.3, 0.4) is 0 Å². The Morgan fingerprint density at radius 2 is 2.38 bits per heavy atom. The molecule has 0 saturated heterocycles. The second-order valence-electron chi connectivity index (χ2n) is 2.96. The molecule has 0 unspecified atom stereocenters. The third-order valence-corrected chi connectivity index (χ3v) is 1.80. The Morgan fingerprint density at radius 3 is 3.23 bits per heavy atom. The lowest BCUT2D eigenvalue weighted by atomic mass is 10.3. The molecule has 0 aromatic carbocycles. The van der Waals surface area contributed by atoms with Crippen LogP contribution in [0.2, 0.25) is 0 Å². The second-order valence-corrected chi connectivity index (χ2v) is 2.96. The van der Waals surface area contributed by atoms with Gasteiger partial charge in [-0.25, -0.2) is 0 Å². The van der Waals surface area contributed by atoms with Gasteiger partial charge in [-0.3, -0.25) is 14.8 Å². The molecule has 66 valence electrons. The van der Waals surface area contributed by atoms with E-state index in [0.717, 1.165) is 17.1 Å². The minimum atomic E-state index is -0.0220. The molecule has 1 N–H and O–H groups in total. The van der Waals surface area contributed by atoms with Gasteiger partial charge in [0.15, 0.2) is 0 Å². The molecular weight excluding hydrogens is 166 g/mol. The Labute approximate surface area is 75.7 Å². The first kappa shape index (κ1) is 7.91. The van der Waals surface area contributed by atoms with Crippen molar-refractivity contribution in [2.45, 2.75) is 13.3 Å². The summed E-state index contributed by atoms with van der Waals surface area (Å²) in [5, 5.41) is 2.76. The van der Waals surface area contributed by atoms with E-state index in [1.165, 1.54) is 0 Å². The highest BCUT2D eigenvalue weighted by molar-refractivity contribution is 6.09. The average Bonchev–Trinajstić information content (AvgIpc) is 2.20. The SMILES string of the molecule is CC1=Nc2cnccc2NC(=O)C1. The highest BCUT2D eigenvalue weighted by atomic mass is 16.1. The fourth-order valence-electron chi connectivity index (χ4n) is 1.25. The van der Waals surface area contributed by atoms with E-state index in [2.05, 4.69) is 15.3 Å². The van der Waals surface area contributed by atoms with Gasteiger partial charge in [0.1, 0.15) is 5.69 Å². The fraction of sp³-hybridized carbons (Fsp3) is 0.222. The number of hydrogen-bond acceptors (Lipinski definition) is 3. The molecule has 0 atom stereocenters. The first-order chi connectivity index (χ1) is 6.25. The van der Waals surface area contributed by atoms with Gasteiger partial charge in [0.25, 0.3) is 0 Å². The van der Waals surface area contributed by atoms with Crippen molar-refractivity contribution in [2.75, 3.05) is 5.32 Å². The number of fused-ring (bicyclic) bond motifs is 1. The summed E-state index contributed by atoms with van der Waals surface area (Å²) in [6.45, 7) is 1.84. The van der Waals surface area contributed by atoms with Gasteiger partial charge in [-0.15, -0.1) is 0 Å². The van der Waals surface area contributed by atoms with E-state index in [1.54, 1.807) is 18.5 Å². The van der Waals surface area contributed by atoms with Crippen LogP contribution in [0.1, 0.15) is 13.3 Å². The molecule has 1 aliphatic rings. The van der Waals surface area contributed by atoms with Gasteiger partial charge in [-0.05, 0) is 13.0 Å². The number of nitrogens with one attached hydrogen (secondary N) is 1. The maximum absolute atomic E-state index is 11.2. The number of hydrogen-bond donors (Lipinski definition) is 1. The van der Waals surface area contributed by atoms with E-state index in [4.69, 9.17) is 0 Å². The Bertz CT molecular complexity index is 384. The summed E-state index contributed by atoms with van der Waals surface area (Å²) < 4.78 is 0. The molecule has 4 nitrogen and oxygen atoms in total. The topological polar surface area (TPSA) is 54.4 Å². The van der Waals surface area contributed by atoms with E-state index < -0.39 is 0 Å². The second kappa shape index (κ2) is 2.97. The number of rotatable bonds is 0. The third-order valence-electron chi connectivity index (χ3n) is 1.80. The third kappa shape index (κ3) is 1.56. The molecule has 1 aromatic heterocycles. The maximum Gasteiger partial charge on any atom is 0.230 e. The summed E-state index contributed by atoms with van der Waals surface area (Å²) in [4.78, 5) is 19.4. The number of aliphatic imine (C=N–C) groups is 1. The van der Waals surface area contributed by atoms with Crippen molar-refractivity contribution >= 4 is 23.0 Å². The molecule has 2 heterocycles. The molecule has 0 fully saturated rings. The fourth-order valence-corrected chi connectivity index (χ4v) is 1.25. The molecule has 0 spiro atoms. The minimum absolute atomic E-state index is 0.0220. The summed E-state index contributed by atoms with van der Waals surface area (Å²) in [6, 6.07) is 1.75. The van der Waals surface area contributed by atoms with Gasteiger partial charge >= 0.3 is 0 Å². The molecule has 1 amide bonds. The number of nitrogens with zero attached hydrogens (tertiary/aromatic N) is 2. The van der Waals surface area contributed by atoms with Crippen LogP contribution < -0.4 is 5.32 Å². The lowest BCUT2D eigenvalue weighted by Gasteiger charge is -2.01. The monoisotopic (exact) mass is 175 g/mol. The summed E-state index contributed by atoms with van der Waals surface area (Å²) >= 11 is 0. The summed E-state index contributed by atoms with van der Waals surface area (Å²) in [5.41, 5.74) is 2.27. The molecule has 0 aliphatic carbocycles. The van der Waals surface area contributed by atoms with Crippen molar-refractivity contribution < 1.29 is 4.79 Å². The number of carbonyl (C=O) groups is 1. The smallest absolute Gasteiger partial charge is 0.230 e. The van der Waals surface area contributed by atoms with Crippen molar-refractivity contribution in [1.29, 1.82) is 0 Å². The van der Waals surface area contributed by atoms with Crippen LogP contribution in [0.25, 0.3) is 0 Å². The molecule has 0 saturated carbocycles.